The van der Waals surface area contributed by atoms with E-state index in [4.69, 9.17) is 25.5 Å². The largest absolute Gasteiger partial charge is 0.489 e. The Balaban J connectivity index is 1.73. The van der Waals surface area contributed by atoms with Gasteiger partial charge in [0, 0.05) is 11.1 Å². The Hall–Kier alpha value is -2.97. The minimum Gasteiger partial charge on any atom is -0.489 e. The van der Waals surface area contributed by atoms with E-state index in [9.17, 15) is 18.0 Å². The number of para-hydroxylation sites is 1. The maximum Gasteiger partial charge on any atom is 0.453 e. The van der Waals surface area contributed by atoms with E-state index in [1.165, 1.54) is 24.3 Å². The predicted octanol–water partition coefficient (Wildman–Crippen LogP) is 7.60. The molecule has 164 valence electrons. The number of rotatable bonds is 5. The van der Waals surface area contributed by atoms with Crippen LogP contribution in [0.15, 0.2) is 80.4 Å². The highest BCUT2D eigenvalue weighted by atomic mass is 79.9. The molecular weight excluding hydrogens is 513 g/mol. The van der Waals surface area contributed by atoms with Crippen LogP contribution in [0.2, 0.25) is 5.02 Å². The van der Waals surface area contributed by atoms with Gasteiger partial charge in [0.15, 0.2) is 0 Å². The van der Waals surface area contributed by atoms with Crippen LogP contribution in [0.4, 0.5) is 13.2 Å². The fourth-order valence-electron chi connectivity index (χ4n) is 2.91. The van der Waals surface area contributed by atoms with Crippen molar-refractivity contribution in [3.05, 3.63) is 97.8 Å². The second-order valence-electron chi connectivity index (χ2n) is 6.69. The van der Waals surface area contributed by atoms with Gasteiger partial charge in [-0.3, -0.25) is 4.79 Å². The predicted molar refractivity (Wildman–Crippen MR) is 117 cm³/mol. The number of alkyl halides is 3. The lowest BCUT2D eigenvalue weighted by Gasteiger charge is -2.14. The van der Waals surface area contributed by atoms with Crippen LogP contribution in [0, 0.1) is 0 Å². The zero-order valence-corrected chi connectivity index (χ0v) is 18.4. The van der Waals surface area contributed by atoms with Crippen LogP contribution in [0.1, 0.15) is 11.3 Å². The maximum absolute atomic E-state index is 13.7. The van der Waals surface area contributed by atoms with Crippen molar-refractivity contribution in [2.75, 3.05) is 0 Å². The summed E-state index contributed by atoms with van der Waals surface area (Å²) in [5, 5.41) is 0.500. The molecule has 0 atom stereocenters. The van der Waals surface area contributed by atoms with Crippen molar-refractivity contribution in [3.63, 3.8) is 0 Å². The van der Waals surface area contributed by atoms with Gasteiger partial charge in [0.05, 0.1) is 9.86 Å². The highest BCUT2D eigenvalue weighted by Gasteiger charge is 2.40. The third-order valence-corrected chi connectivity index (χ3v) is 5.35. The highest BCUT2D eigenvalue weighted by Crippen LogP contribution is 2.39. The fraction of sp³-hybridized carbons (Fsp3) is 0.0870. The van der Waals surface area contributed by atoms with Crippen LogP contribution >= 0.6 is 27.5 Å². The lowest BCUT2D eigenvalue weighted by atomic mass is 10.2. The minimum absolute atomic E-state index is 0.0487. The Morgan fingerprint density at radius 2 is 1.72 bits per heavy atom. The third kappa shape index (κ3) is 4.76. The van der Waals surface area contributed by atoms with Gasteiger partial charge in [0.2, 0.25) is 11.2 Å². The second kappa shape index (κ2) is 8.88. The van der Waals surface area contributed by atoms with Gasteiger partial charge in [-0.2, -0.15) is 13.2 Å². The second-order valence-corrected chi connectivity index (χ2v) is 7.98. The number of hydrogen-bond acceptors (Lipinski definition) is 4. The van der Waals surface area contributed by atoms with E-state index in [2.05, 4.69) is 15.9 Å². The normalized spacial score (nSPS) is 11.5. The van der Waals surface area contributed by atoms with Crippen molar-refractivity contribution in [2.45, 2.75) is 12.8 Å². The topological polar surface area (TPSA) is 48.7 Å². The number of fused-ring (bicyclic) bond motifs is 1. The van der Waals surface area contributed by atoms with E-state index in [1.807, 2.05) is 0 Å². The average molecular weight is 526 g/mol. The molecule has 0 radical (unpaired) electrons. The zero-order chi connectivity index (χ0) is 22.9. The molecule has 4 rings (SSSR count). The van der Waals surface area contributed by atoms with E-state index in [0.29, 0.717) is 9.50 Å². The molecule has 1 heterocycles. The minimum atomic E-state index is -4.95. The van der Waals surface area contributed by atoms with Gasteiger partial charge in [-0.15, -0.1) is 0 Å². The Kier molecular flexibility index (Phi) is 6.17. The van der Waals surface area contributed by atoms with E-state index in [1.54, 1.807) is 42.5 Å². The molecule has 0 unspecified atom stereocenters. The lowest BCUT2D eigenvalue weighted by Crippen LogP contribution is -2.15. The van der Waals surface area contributed by atoms with E-state index >= 15 is 0 Å². The first-order valence-electron chi connectivity index (χ1n) is 9.20. The molecule has 0 aliphatic carbocycles. The summed E-state index contributed by atoms with van der Waals surface area (Å²) in [5.41, 5.74) is -0.405. The maximum atomic E-state index is 13.7. The fourth-order valence-corrected chi connectivity index (χ4v) is 3.40. The summed E-state index contributed by atoms with van der Waals surface area (Å²) in [5.74, 6) is -2.18. The first-order valence-corrected chi connectivity index (χ1v) is 10.4. The van der Waals surface area contributed by atoms with E-state index in [0.717, 1.165) is 5.56 Å². The SMILES string of the molecule is O=c1c(Oc2ccccc2Br)c(C(F)(F)F)oc2cc(OCc3ccc(Cl)cc3)ccc12. The molecule has 0 spiro atoms. The molecule has 0 saturated carbocycles. The molecule has 3 aromatic carbocycles. The van der Waals surface area contributed by atoms with Crippen molar-refractivity contribution in [1.82, 2.24) is 0 Å². The molecule has 0 bridgehead atoms. The van der Waals surface area contributed by atoms with Crippen LogP contribution < -0.4 is 14.9 Å². The lowest BCUT2D eigenvalue weighted by molar-refractivity contribution is -0.154. The summed E-state index contributed by atoms with van der Waals surface area (Å²) in [4.78, 5) is 12.9. The quantitative estimate of drug-likeness (QED) is 0.269. The van der Waals surface area contributed by atoms with Crippen molar-refractivity contribution >= 4 is 38.5 Å². The molecule has 4 aromatic rings. The van der Waals surface area contributed by atoms with Crippen molar-refractivity contribution in [1.29, 1.82) is 0 Å². The summed E-state index contributed by atoms with van der Waals surface area (Å²) < 4.78 is 57.5. The Morgan fingerprint density at radius 1 is 1.00 bits per heavy atom. The van der Waals surface area contributed by atoms with Crippen molar-refractivity contribution < 1.29 is 27.1 Å². The van der Waals surface area contributed by atoms with E-state index < -0.39 is 23.1 Å². The molecule has 0 N–H and O–H groups in total. The number of hydrogen-bond donors (Lipinski definition) is 0. The number of ether oxygens (including phenoxy) is 2. The third-order valence-electron chi connectivity index (χ3n) is 4.45. The summed E-state index contributed by atoms with van der Waals surface area (Å²) >= 11 is 9.04. The number of benzene rings is 3. The molecule has 4 nitrogen and oxygen atoms in total. The van der Waals surface area contributed by atoms with Crippen molar-refractivity contribution in [2.24, 2.45) is 0 Å². The summed E-state index contributed by atoms with van der Waals surface area (Å²) in [7, 11) is 0. The van der Waals surface area contributed by atoms with Gasteiger partial charge in [0.1, 0.15) is 23.7 Å². The van der Waals surface area contributed by atoms with Crippen LogP contribution in [-0.2, 0) is 12.8 Å². The average Bonchev–Trinajstić information content (AvgIpc) is 2.75. The Bertz CT molecular complexity index is 1330. The van der Waals surface area contributed by atoms with Gasteiger partial charge >= 0.3 is 6.18 Å². The molecule has 0 saturated heterocycles. The Labute approximate surface area is 193 Å². The first-order chi connectivity index (χ1) is 15.2. The molecular formula is C23H13BrClF3O4. The van der Waals surface area contributed by atoms with Crippen LogP contribution in [-0.4, -0.2) is 0 Å². The van der Waals surface area contributed by atoms with Crippen molar-refractivity contribution in [3.8, 4) is 17.2 Å². The monoisotopic (exact) mass is 524 g/mol. The smallest absolute Gasteiger partial charge is 0.453 e. The van der Waals surface area contributed by atoms with Crippen LogP contribution in [0.5, 0.6) is 17.2 Å². The first kappa shape index (κ1) is 22.2. The molecule has 0 aliphatic heterocycles. The van der Waals surface area contributed by atoms with Gasteiger partial charge in [-0.25, -0.2) is 0 Å². The molecule has 9 heteroatoms. The summed E-state index contributed by atoms with van der Waals surface area (Å²) in [6, 6.07) is 17.2. The number of halogens is 5. The molecule has 0 amide bonds. The van der Waals surface area contributed by atoms with Crippen LogP contribution in [0.25, 0.3) is 11.0 Å². The summed E-state index contributed by atoms with van der Waals surface area (Å²) in [6.45, 7) is 0.155. The van der Waals surface area contributed by atoms with Gasteiger partial charge in [0.25, 0.3) is 5.76 Å². The molecule has 0 aliphatic rings. The Morgan fingerprint density at radius 3 is 2.41 bits per heavy atom. The summed E-state index contributed by atoms with van der Waals surface area (Å²) in [6.07, 6.45) is -4.95. The van der Waals surface area contributed by atoms with Gasteiger partial charge < -0.3 is 13.9 Å². The standard InChI is InChI=1S/C23H13BrClF3O4/c24-17-3-1-2-4-18(17)31-21-20(29)16-10-9-15(11-19(16)32-22(21)23(26,27)28)30-12-13-5-7-14(25)8-6-13/h1-11H,12H2. The van der Waals surface area contributed by atoms with Gasteiger partial charge in [-0.05, 0) is 57.9 Å². The molecule has 0 fully saturated rings. The van der Waals surface area contributed by atoms with Gasteiger partial charge in [-0.1, -0.05) is 35.9 Å². The molecule has 32 heavy (non-hydrogen) atoms. The van der Waals surface area contributed by atoms with Crippen LogP contribution in [0.3, 0.4) is 0 Å². The molecule has 1 aromatic heterocycles. The highest BCUT2D eigenvalue weighted by molar-refractivity contribution is 9.10. The zero-order valence-electron chi connectivity index (χ0n) is 16.1. The van der Waals surface area contributed by atoms with E-state index in [-0.39, 0.29) is 29.1 Å².